The highest BCUT2D eigenvalue weighted by molar-refractivity contribution is 7.99. The van der Waals surface area contributed by atoms with Crippen molar-refractivity contribution in [3.63, 3.8) is 0 Å². The Morgan fingerprint density at radius 3 is 2.55 bits per heavy atom. The molecule has 0 bridgehead atoms. The summed E-state index contributed by atoms with van der Waals surface area (Å²) in [5, 5.41) is 26.2. The van der Waals surface area contributed by atoms with E-state index in [0.717, 1.165) is 80.2 Å². The molecule has 5 aromatic rings. The number of carbonyl (C=O) groups excluding carboxylic acids is 1. The van der Waals surface area contributed by atoms with Crippen LogP contribution in [0.2, 0.25) is 0 Å². The maximum absolute atomic E-state index is 14.0. The third kappa shape index (κ3) is 9.70. The highest BCUT2D eigenvalue weighted by Gasteiger charge is 2.49. The van der Waals surface area contributed by atoms with Crippen LogP contribution in [0.4, 0.5) is 17.2 Å². The summed E-state index contributed by atoms with van der Waals surface area (Å²) >= 11 is 2.06. The van der Waals surface area contributed by atoms with Gasteiger partial charge in [-0.3, -0.25) is 19.8 Å². The Morgan fingerprint density at radius 2 is 1.80 bits per heavy atom. The first-order valence-electron chi connectivity index (χ1n) is 22.8. The van der Waals surface area contributed by atoms with Crippen molar-refractivity contribution in [3.8, 4) is 11.5 Å². The first-order valence-corrected chi connectivity index (χ1v) is 25.4. The number of hydrogen-bond acceptors (Lipinski definition) is 13. The monoisotopic (exact) mass is 922 g/mol. The zero-order valence-corrected chi connectivity index (χ0v) is 38.8. The zero-order valence-electron chi connectivity index (χ0n) is 37.2. The van der Waals surface area contributed by atoms with E-state index in [2.05, 4.69) is 84.7 Å². The minimum atomic E-state index is -4.63. The number of thioether (sulfide) groups is 1. The van der Waals surface area contributed by atoms with Crippen LogP contribution in [0.25, 0.3) is 11.0 Å². The van der Waals surface area contributed by atoms with Crippen LogP contribution < -0.4 is 19.7 Å². The van der Waals surface area contributed by atoms with Crippen molar-refractivity contribution in [1.82, 2.24) is 24.6 Å². The van der Waals surface area contributed by atoms with E-state index >= 15 is 0 Å². The smallest absolute Gasteiger partial charge is 0.312 e. The highest BCUT2D eigenvalue weighted by Crippen LogP contribution is 2.54. The lowest BCUT2D eigenvalue weighted by molar-refractivity contribution is -0.384. The Morgan fingerprint density at radius 1 is 1.03 bits per heavy atom. The summed E-state index contributed by atoms with van der Waals surface area (Å²) < 4.78 is 35.9. The summed E-state index contributed by atoms with van der Waals surface area (Å²) in [5.74, 6) is 2.39. The number of nitro groups is 1. The fourth-order valence-corrected chi connectivity index (χ4v) is 12.4. The SMILES string of the molecule is CC(C)c1ccccc1[C@@H]1CSCCN1C1CC2(CCN(c3ccc(C(=O)NS(=O)(=O)c4cnc(NCC5CCC(C)(O)CC5)c([N+](=O)[O-])c4)c(Oc4cnc5[nH]ccc5c4)c3)CC2)C1. The summed E-state index contributed by atoms with van der Waals surface area (Å²) in [7, 11) is -4.63. The molecule has 2 saturated heterocycles. The van der Waals surface area contributed by atoms with Gasteiger partial charge in [0.1, 0.15) is 22.0 Å². The third-order valence-corrected chi connectivity index (χ3v) is 16.6. The second kappa shape index (κ2) is 18.2. The lowest BCUT2D eigenvalue weighted by atomic mass is 9.59. The first kappa shape index (κ1) is 44.9. The van der Waals surface area contributed by atoms with Gasteiger partial charge in [0, 0.05) is 79.2 Å². The van der Waals surface area contributed by atoms with Crippen molar-refractivity contribution >= 4 is 55.9 Å². The molecule has 9 rings (SSSR count). The van der Waals surface area contributed by atoms with E-state index < -0.39 is 37.0 Å². The van der Waals surface area contributed by atoms with Gasteiger partial charge in [-0.2, -0.15) is 11.8 Å². The molecule has 5 heterocycles. The number of aliphatic hydroxyl groups is 1. The predicted octanol–water partition coefficient (Wildman–Crippen LogP) is 8.79. The number of rotatable bonds is 13. The number of pyridine rings is 2. The standard InChI is InChI=1S/C48H58N8O7S2/c1-31(2)38-6-4-5-7-39(38)42-30-64-21-20-55(42)35-25-48(26-35)15-18-54(19-16-48)34-8-9-40(43(23-34)63-36-22-33-12-17-49-44(33)51-28-36)46(57)53-65(61,62)37-24-41(56(59)60)45(52-29-37)50-27-32-10-13-47(3,58)14-11-32/h4-9,12,17,22-24,28-29,31-32,35,42,58H,10-11,13-16,18-21,25-27,30H2,1-3H3,(H,49,51)(H,50,52)(H,53,57)/t32?,42-,47?/m0/s1. The zero-order chi connectivity index (χ0) is 45.5. The molecule has 17 heteroatoms. The van der Waals surface area contributed by atoms with Gasteiger partial charge in [0.25, 0.3) is 15.9 Å². The van der Waals surface area contributed by atoms with Crippen molar-refractivity contribution in [2.45, 2.75) is 101 Å². The highest BCUT2D eigenvalue weighted by atomic mass is 32.2. The fraction of sp³-hybridized carbons (Fsp3) is 0.479. The first-order chi connectivity index (χ1) is 31.2. The van der Waals surface area contributed by atoms with E-state index in [0.29, 0.717) is 48.8 Å². The molecule has 4 fully saturated rings. The van der Waals surface area contributed by atoms with Crippen molar-refractivity contribution in [3.05, 3.63) is 106 Å². The summed E-state index contributed by atoms with van der Waals surface area (Å²) in [4.78, 5) is 41.6. The Bertz CT molecular complexity index is 2660. The Labute approximate surface area is 384 Å². The van der Waals surface area contributed by atoms with E-state index in [1.165, 1.54) is 30.2 Å². The van der Waals surface area contributed by atoms with Gasteiger partial charge < -0.3 is 25.0 Å². The quantitative estimate of drug-likeness (QED) is 0.0647. The number of fused-ring (bicyclic) bond motifs is 1. The van der Waals surface area contributed by atoms with Gasteiger partial charge in [0.2, 0.25) is 5.82 Å². The molecule has 1 amide bonds. The lowest BCUT2D eigenvalue weighted by Crippen LogP contribution is -2.57. The molecule has 344 valence electrons. The van der Waals surface area contributed by atoms with Crippen molar-refractivity contribution < 1.29 is 28.0 Å². The number of ether oxygens (including phenoxy) is 1. The summed E-state index contributed by atoms with van der Waals surface area (Å²) in [6, 6.07) is 19.7. The number of piperidine rings is 1. The maximum Gasteiger partial charge on any atom is 0.312 e. The van der Waals surface area contributed by atoms with Crippen LogP contribution in [0.5, 0.6) is 11.5 Å². The Balaban J connectivity index is 0.898. The van der Waals surface area contributed by atoms with Crippen LogP contribution in [-0.4, -0.2) is 93.5 Å². The summed E-state index contributed by atoms with van der Waals surface area (Å²) in [5.41, 5.74) is 3.43. The molecule has 0 radical (unpaired) electrons. The van der Waals surface area contributed by atoms with Crippen LogP contribution >= 0.6 is 11.8 Å². The average Bonchev–Trinajstić information content (AvgIpc) is 3.76. The van der Waals surface area contributed by atoms with Crippen LogP contribution in [0, 0.1) is 21.4 Å². The summed E-state index contributed by atoms with van der Waals surface area (Å²) in [6.07, 6.45) is 11.5. The Hall–Kier alpha value is -5.23. The van der Waals surface area contributed by atoms with Crippen LogP contribution in [0.15, 0.2) is 84.1 Å². The molecule has 2 aromatic carbocycles. The molecule has 4 N–H and O–H groups in total. The van der Waals surface area contributed by atoms with Crippen molar-refractivity contribution in [2.24, 2.45) is 11.3 Å². The average molecular weight is 923 g/mol. The number of carbonyl (C=O) groups is 1. The van der Waals surface area contributed by atoms with Gasteiger partial charge in [-0.25, -0.2) is 23.1 Å². The van der Waals surface area contributed by atoms with E-state index in [1.807, 2.05) is 12.1 Å². The number of H-pyrrole nitrogens is 1. The molecule has 2 aliphatic heterocycles. The van der Waals surface area contributed by atoms with E-state index in [4.69, 9.17) is 4.74 Å². The maximum atomic E-state index is 14.0. The third-order valence-electron chi connectivity index (χ3n) is 14.3. The number of aromatic nitrogens is 3. The lowest BCUT2D eigenvalue weighted by Gasteiger charge is -2.57. The number of amides is 1. The number of hydrogen-bond donors (Lipinski definition) is 4. The largest absolute Gasteiger partial charge is 0.455 e. The predicted molar refractivity (Wildman–Crippen MR) is 253 cm³/mol. The van der Waals surface area contributed by atoms with Gasteiger partial charge in [-0.1, -0.05) is 38.1 Å². The van der Waals surface area contributed by atoms with Crippen molar-refractivity contribution in [1.29, 1.82) is 0 Å². The molecule has 1 atom stereocenters. The van der Waals surface area contributed by atoms with Gasteiger partial charge in [0.05, 0.1) is 28.5 Å². The molecule has 65 heavy (non-hydrogen) atoms. The summed E-state index contributed by atoms with van der Waals surface area (Å²) in [6.45, 7) is 9.52. The molecular formula is C48H58N8O7S2. The van der Waals surface area contributed by atoms with Gasteiger partial charge >= 0.3 is 5.69 Å². The molecule has 3 aromatic heterocycles. The van der Waals surface area contributed by atoms with Crippen LogP contribution in [-0.2, 0) is 10.0 Å². The normalized spacial score (nSPS) is 22.8. The minimum Gasteiger partial charge on any atom is -0.455 e. The molecule has 4 aliphatic rings. The molecule has 2 saturated carbocycles. The molecular weight excluding hydrogens is 865 g/mol. The van der Waals surface area contributed by atoms with Crippen LogP contribution in [0.1, 0.15) is 106 Å². The number of sulfonamides is 1. The van der Waals surface area contributed by atoms with Gasteiger partial charge in [-0.15, -0.1) is 0 Å². The minimum absolute atomic E-state index is 0.0395. The van der Waals surface area contributed by atoms with E-state index in [-0.39, 0.29) is 28.5 Å². The van der Waals surface area contributed by atoms with E-state index in [9.17, 15) is 28.4 Å². The molecule has 15 nitrogen and oxygen atoms in total. The number of anilines is 2. The number of aromatic amines is 1. The fourth-order valence-electron chi connectivity index (χ4n) is 10.4. The van der Waals surface area contributed by atoms with Gasteiger partial charge in [0.15, 0.2) is 0 Å². The molecule has 0 unspecified atom stereocenters. The second-order valence-corrected chi connectivity index (χ2v) is 21.9. The van der Waals surface area contributed by atoms with Crippen molar-refractivity contribution in [2.75, 3.05) is 47.9 Å². The van der Waals surface area contributed by atoms with Crippen LogP contribution in [0.3, 0.4) is 0 Å². The second-order valence-electron chi connectivity index (χ2n) is 19.1. The Kier molecular flexibility index (Phi) is 12.6. The van der Waals surface area contributed by atoms with E-state index in [1.54, 1.807) is 31.3 Å². The van der Waals surface area contributed by atoms with Gasteiger partial charge in [-0.05, 0) is 111 Å². The molecule has 1 spiro atoms. The number of benzene rings is 2. The number of nitrogens with one attached hydrogen (secondary N) is 3. The molecule has 2 aliphatic carbocycles. The topological polar surface area (TPSA) is 196 Å². The number of nitrogens with zero attached hydrogens (tertiary/aromatic N) is 5.